The largest absolute Gasteiger partial charge is 0.441 e. The molecule has 2 N–H and O–H groups in total. The van der Waals surface area contributed by atoms with E-state index < -0.39 is 0 Å². The van der Waals surface area contributed by atoms with Crippen molar-refractivity contribution >= 4 is 5.82 Å². The number of para-hydroxylation sites is 1. The first-order valence-corrected chi connectivity index (χ1v) is 7.24. The third-order valence-corrected chi connectivity index (χ3v) is 3.66. The van der Waals surface area contributed by atoms with Gasteiger partial charge in [0.05, 0.1) is 6.54 Å². The molecule has 0 saturated carbocycles. The maximum absolute atomic E-state index is 5.94. The second kappa shape index (κ2) is 5.93. The Morgan fingerprint density at radius 2 is 1.86 bits per heavy atom. The van der Waals surface area contributed by atoms with Crippen molar-refractivity contribution in [3.63, 3.8) is 0 Å². The van der Waals surface area contributed by atoms with E-state index >= 15 is 0 Å². The topological polar surface area (TPSA) is 53.1 Å². The first-order chi connectivity index (χ1) is 10.6. The number of ether oxygens (including phenoxy) is 1. The SMILES string of the molecule is Cc1cc(N)nc(C)c1Cn1cccc1Oc1ccccc1. The molecule has 0 unspecified atom stereocenters. The van der Waals surface area contributed by atoms with Crippen molar-refractivity contribution < 1.29 is 4.74 Å². The highest BCUT2D eigenvalue weighted by Crippen LogP contribution is 2.24. The van der Waals surface area contributed by atoms with E-state index in [1.165, 1.54) is 5.56 Å². The van der Waals surface area contributed by atoms with Crippen molar-refractivity contribution in [2.24, 2.45) is 0 Å². The highest BCUT2D eigenvalue weighted by molar-refractivity contribution is 5.41. The fourth-order valence-electron chi connectivity index (χ4n) is 2.53. The van der Waals surface area contributed by atoms with Crippen LogP contribution in [0.5, 0.6) is 11.6 Å². The smallest absolute Gasteiger partial charge is 0.200 e. The predicted octanol–water partition coefficient (Wildman–Crippen LogP) is 3.92. The molecule has 3 rings (SSSR count). The average Bonchev–Trinajstić information content (AvgIpc) is 2.91. The first kappa shape index (κ1) is 14.2. The van der Waals surface area contributed by atoms with Crippen molar-refractivity contribution in [2.45, 2.75) is 20.4 Å². The average molecular weight is 293 g/mol. The van der Waals surface area contributed by atoms with Gasteiger partial charge in [-0.2, -0.15) is 0 Å². The summed E-state index contributed by atoms with van der Waals surface area (Å²) in [7, 11) is 0. The fourth-order valence-corrected chi connectivity index (χ4v) is 2.53. The van der Waals surface area contributed by atoms with Crippen molar-refractivity contribution in [1.29, 1.82) is 0 Å². The predicted molar refractivity (Wildman–Crippen MR) is 88.2 cm³/mol. The zero-order valence-electron chi connectivity index (χ0n) is 12.8. The van der Waals surface area contributed by atoms with Gasteiger partial charge >= 0.3 is 0 Å². The van der Waals surface area contributed by atoms with Crippen LogP contribution in [0.1, 0.15) is 16.8 Å². The second-order valence-corrected chi connectivity index (χ2v) is 5.32. The molecule has 3 aromatic rings. The van der Waals surface area contributed by atoms with Gasteiger partial charge in [0, 0.05) is 18.0 Å². The molecule has 1 aromatic carbocycles. The molecule has 0 aliphatic rings. The number of aromatic nitrogens is 2. The molecule has 0 aliphatic carbocycles. The maximum Gasteiger partial charge on any atom is 0.200 e. The summed E-state index contributed by atoms with van der Waals surface area (Å²) in [5, 5.41) is 0. The van der Waals surface area contributed by atoms with Gasteiger partial charge in [0.1, 0.15) is 11.6 Å². The quantitative estimate of drug-likeness (QED) is 0.793. The summed E-state index contributed by atoms with van der Waals surface area (Å²) in [5.74, 6) is 2.19. The molecule has 2 aromatic heterocycles. The number of hydrogen-bond acceptors (Lipinski definition) is 3. The molecule has 2 heterocycles. The van der Waals surface area contributed by atoms with Gasteiger partial charge in [-0.25, -0.2) is 4.98 Å². The normalized spacial score (nSPS) is 10.6. The van der Waals surface area contributed by atoms with Gasteiger partial charge in [0.25, 0.3) is 0 Å². The van der Waals surface area contributed by atoms with Gasteiger partial charge < -0.3 is 15.0 Å². The third-order valence-electron chi connectivity index (χ3n) is 3.66. The second-order valence-electron chi connectivity index (χ2n) is 5.32. The number of pyridine rings is 1. The molecule has 0 radical (unpaired) electrons. The number of anilines is 1. The van der Waals surface area contributed by atoms with E-state index in [0.29, 0.717) is 12.4 Å². The molecule has 4 nitrogen and oxygen atoms in total. The van der Waals surface area contributed by atoms with Gasteiger partial charge in [0.2, 0.25) is 0 Å². The first-order valence-electron chi connectivity index (χ1n) is 7.24. The minimum absolute atomic E-state index is 0.562. The molecular weight excluding hydrogens is 274 g/mol. The van der Waals surface area contributed by atoms with Gasteiger partial charge in [-0.15, -0.1) is 0 Å². The summed E-state index contributed by atoms with van der Waals surface area (Å²) >= 11 is 0. The number of hydrogen-bond donors (Lipinski definition) is 1. The van der Waals surface area contributed by atoms with E-state index in [9.17, 15) is 0 Å². The van der Waals surface area contributed by atoms with Gasteiger partial charge in [-0.05, 0) is 49.2 Å². The van der Waals surface area contributed by atoms with Crippen molar-refractivity contribution in [1.82, 2.24) is 9.55 Å². The van der Waals surface area contributed by atoms with Gasteiger partial charge in [-0.1, -0.05) is 18.2 Å². The van der Waals surface area contributed by atoms with Crippen LogP contribution in [-0.4, -0.2) is 9.55 Å². The van der Waals surface area contributed by atoms with E-state index in [4.69, 9.17) is 10.5 Å². The molecule has 4 heteroatoms. The van der Waals surface area contributed by atoms with E-state index in [2.05, 4.69) is 16.5 Å². The highest BCUT2D eigenvalue weighted by atomic mass is 16.5. The molecular formula is C18H19N3O. The van der Waals surface area contributed by atoms with Crippen LogP contribution < -0.4 is 10.5 Å². The Kier molecular flexibility index (Phi) is 3.83. The number of rotatable bonds is 4. The van der Waals surface area contributed by atoms with E-state index in [0.717, 1.165) is 22.9 Å². The van der Waals surface area contributed by atoms with Gasteiger partial charge in [-0.3, -0.25) is 0 Å². The highest BCUT2D eigenvalue weighted by Gasteiger charge is 2.09. The van der Waals surface area contributed by atoms with Gasteiger partial charge in [0.15, 0.2) is 5.88 Å². The van der Waals surface area contributed by atoms with E-state index in [1.54, 1.807) is 0 Å². The summed E-state index contributed by atoms with van der Waals surface area (Å²) in [6.45, 7) is 4.75. The standard InChI is InChI=1S/C18H19N3O/c1-13-11-17(19)20-14(2)16(13)12-21-10-6-9-18(21)22-15-7-4-3-5-8-15/h3-11H,12H2,1-2H3,(H2,19,20). The summed E-state index contributed by atoms with van der Waals surface area (Å²) in [5.41, 5.74) is 9.06. The third kappa shape index (κ3) is 2.96. The Morgan fingerprint density at radius 1 is 1.09 bits per heavy atom. The lowest BCUT2D eigenvalue weighted by atomic mass is 10.1. The van der Waals surface area contributed by atoms with E-state index in [1.807, 2.05) is 61.7 Å². The summed E-state index contributed by atoms with van der Waals surface area (Å²) < 4.78 is 8.01. The Labute approximate surface area is 130 Å². The minimum atomic E-state index is 0.562. The van der Waals surface area contributed by atoms with Crippen LogP contribution in [0.2, 0.25) is 0 Å². The molecule has 0 spiro atoms. The summed E-state index contributed by atoms with van der Waals surface area (Å²) in [4.78, 5) is 4.35. The molecule has 22 heavy (non-hydrogen) atoms. The number of aryl methyl sites for hydroxylation is 2. The van der Waals surface area contributed by atoms with Crippen LogP contribution in [0.3, 0.4) is 0 Å². The fraction of sp³-hybridized carbons (Fsp3) is 0.167. The lowest BCUT2D eigenvalue weighted by Crippen LogP contribution is -2.07. The Hall–Kier alpha value is -2.75. The van der Waals surface area contributed by atoms with Crippen LogP contribution in [0.4, 0.5) is 5.82 Å². The molecule has 0 atom stereocenters. The number of benzene rings is 1. The molecule has 112 valence electrons. The zero-order valence-corrected chi connectivity index (χ0v) is 12.8. The number of nitrogens with two attached hydrogens (primary N) is 1. The van der Waals surface area contributed by atoms with Crippen LogP contribution in [0.15, 0.2) is 54.7 Å². The molecule has 0 aliphatic heterocycles. The Balaban J connectivity index is 1.87. The Morgan fingerprint density at radius 3 is 2.59 bits per heavy atom. The molecule has 0 amide bonds. The van der Waals surface area contributed by atoms with Crippen molar-refractivity contribution in [2.75, 3.05) is 5.73 Å². The van der Waals surface area contributed by atoms with Crippen LogP contribution in [0.25, 0.3) is 0 Å². The Bertz CT molecular complexity index is 755. The van der Waals surface area contributed by atoms with Crippen LogP contribution >= 0.6 is 0 Å². The minimum Gasteiger partial charge on any atom is -0.441 e. The monoisotopic (exact) mass is 293 g/mol. The lowest BCUT2D eigenvalue weighted by molar-refractivity contribution is 0.435. The van der Waals surface area contributed by atoms with Crippen LogP contribution in [0, 0.1) is 13.8 Å². The van der Waals surface area contributed by atoms with Crippen LogP contribution in [-0.2, 0) is 6.54 Å². The molecule has 0 bridgehead atoms. The number of nitrogen functional groups attached to an aromatic ring is 1. The lowest BCUT2D eigenvalue weighted by Gasteiger charge is -2.14. The molecule has 0 fully saturated rings. The molecule has 0 saturated heterocycles. The summed E-state index contributed by atoms with van der Waals surface area (Å²) in [6.07, 6.45) is 2.01. The zero-order chi connectivity index (χ0) is 15.5. The van der Waals surface area contributed by atoms with Crippen molar-refractivity contribution in [3.05, 3.63) is 71.5 Å². The maximum atomic E-state index is 5.94. The van der Waals surface area contributed by atoms with E-state index in [-0.39, 0.29) is 0 Å². The number of nitrogens with zero attached hydrogens (tertiary/aromatic N) is 2. The summed E-state index contributed by atoms with van der Waals surface area (Å²) in [6, 6.07) is 15.6. The van der Waals surface area contributed by atoms with Crippen molar-refractivity contribution in [3.8, 4) is 11.6 Å².